The van der Waals surface area contributed by atoms with Crippen molar-refractivity contribution in [2.24, 2.45) is 0 Å². The van der Waals surface area contributed by atoms with Crippen molar-refractivity contribution in [1.82, 2.24) is 4.98 Å². The van der Waals surface area contributed by atoms with E-state index in [1.54, 1.807) is 22.7 Å². The van der Waals surface area contributed by atoms with Crippen LogP contribution in [0.15, 0.2) is 35.7 Å². The van der Waals surface area contributed by atoms with Crippen LogP contribution in [-0.4, -0.2) is 4.98 Å². The Bertz CT molecular complexity index is 903. The Balaban J connectivity index is 1.62. The van der Waals surface area contributed by atoms with Crippen LogP contribution in [0.4, 0.5) is 10.1 Å². The summed E-state index contributed by atoms with van der Waals surface area (Å²) in [5.74, 6) is 0. The molecular formula is C20H19N3S2. The summed E-state index contributed by atoms with van der Waals surface area (Å²) in [5.41, 5.74) is 4.19. The number of nitrogens with one attached hydrogen (secondary N) is 1. The quantitative estimate of drug-likeness (QED) is 0.606. The number of aromatic nitrogens is 1. The van der Waals surface area contributed by atoms with E-state index < -0.39 is 0 Å². The normalized spacial score (nSPS) is 14.2. The summed E-state index contributed by atoms with van der Waals surface area (Å²) in [4.78, 5) is 6.09. The van der Waals surface area contributed by atoms with Crippen molar-refractivity contribution < 1.29 is 0 Å². The second-order valence-electron chi connectivity index (χ2n) is 6.26. The summed E-state index contributed by atoms with van der Waals surface area (Å²) in [7, 11) is 0. The molecule has 4 rings (SSSR count). The Kier molecular flexibility index (Phi) is 4.82. The van der Waals surface area contributed by atoms with Gasteiger partial charge in [0.1, 0.15) is 11.1 Å². The van der Waals surface area contributed by atoms with Gasteiger partial charge in [-0.2, -0.15) is 5.26 Å². The van der Waals surface area contributed by atoms with Gasteiger partial charge in [-0.3, -0.25) is 0 Å². The highest BCUT2D eigenvalue weighted by molar-refractivity contribution is 7.17. The van der Waals surface area contributed by atoms with Crippen LogP contribution < -0.4 is 5.32 Å². The minimum atomic E-state index is 0.832. The van der Waals surface area contributed by atoms with Gasteiger partial charge in [0.25, 0.3) is 0 Å². The van der Waals surface area contributed by atoms with Crippen LogP contribution in [0.1, 0.15) is 41.7 Å². The average Bonchev–Trinajstić information content (AvgIpc) is 3.21. The molecule has 126 valence electrons. The lowest BCUT2D eigenvalue weighted by molar-refractivity contribution is 0.622. The number of anilines is 2. The van der Waals surface area contributed by atoms with Crippen LogP contribution in [0.25, 0.3) is 11.3 Å². The minimum absolute atomic E-state index is 0.832. The second kappa shape index (κ2) is 7.38. The number of nitrogens with zero attached hydrogens (tertiary/aromatic N) is 2. The third-order valence-corrected chi connectivity index (χ3v) is 6.54. The molecule has 0 radical (unpaired) electrons. The lowest BCUT2D eigenvalue weighted by atomic mass is 9.97. The molecule has 1 aromatic carbocycles. The minimum Gasteiger partial charge on any atom is -0.322 e. The van der Waals surface area contributed by atoms with Gasteiger partial charge in [-0.25, -0.2) is 4.98 Å². The smallest absolute Gasteiger partial charge is 0.188 e. The zero-order valence-electron chi connectivity index (χ0n) is 13.9. The van der Waals surface area contributed by atoms with Crippen LogP contribution >= 0.6 is 22.7 Å². The van der Waals surface area contributed by atoms with Crippen molar-refractivity contribution >= 4 is 32.8 Å². The fraction of sp³-hybridized carbons (Fsp3) is 0.300. The molecule has 3 aromatic rings. The van der Waals surface area contributed by atoms with Crippen LogP contribution in [0.3, 0.4) is 0 Å². The number of thiazole rings is 1. The molecule has 3 nitrogen and oxygen atoms in total. The molecule has 1 aliphatic rings. The van der Waals surface area contributed by atoms with Gasteiger partial charge in [-0.1, -0.05) is 43.2 Å². The van der Waals surface area contributed by atoms with Crippen LogP contribution in [0, 0.1) is 11.3 Å². The van der Waals surface area contributed by atoms with Crippen LogP contribution in [-0.2, 0) is 12.8 Å². The Hall–Kier alpha value is -2.16. The number of nitriles is 1. The van der Waals surface area contributed by atoms with Gasteiger partial charge in [0.05, 0.1) is 11.3 Å². The van der Waals surface area contributed by atoms with Crippen molar-refractivity contribution in [3.8, 4) is 17.3 Å². The van der Waals surface area contributed by atoms with E-state index in [9.17, 15) is 5.26 Å². The van der Waals surface area contributed by atoms with Gasteiger partial charge in [-0.15, -0.1) is 22.7 Å². The zero-order valence-corrected chi connectivity index (χ0v) is 15.6. The molecule has 0 spiro atoms. The number of thiophene rings is 1. The molecule has 0 saturated carbocycles. The zero-order chi connectivity index (χ0) is 17.1. The van der Waals surface area contributed by atoms with E-state index >= 15 is 0 Å². The standard InChI is InChI=1S/C20H19N3S2/c21-12-16-15-10-6-1-2-7-11-18(15)25-19(16)23-20-22-17(13-24-20)14-8-4-3-5-9-14/h3-5,8-9,13H,1-2,6-7,10-11H2,(H,22,23). The van der Waals surface area contributed by atoms with Crippen LogP contribution in [0.5, 0.6) is 0 Å². The van der Waals surface area contributed by atoms with E-state index in [1.807, 2.05) is 18.2 Å². The van der Waals surface area contributed by atoms with Gasteiger partial charge in [0.2, 0.25) is 0 Å². The third kappa shape index (κ3) is 3.46. The van der Waals surface area contributed by atoms with E-state index in [0.717, 1.165) is 39.8 Å². The highest BCUT2D eigenvalue weighted by Crippen LogP contribution is 2.39. The molecule has 0 unspecified atom stereocenters. The van der Waals surface area contributed by atoms with E-state index in [2.05, 4.69) is 28.9 Å². The van der Waals surface area contributed by atoms with Crippen molar-refractivity contribution in [2.75, 3.05) is 5.32 Å². The molecule has 0 saturated heterocycles. The third-order valence-electron chi connectivity index (χ3n) is 4.58. The molecule has 0 amide bonds. The monoisotopic (exact) mass is 365 g/mol. The van der Waals surface area contributed by atoms with E-state index in [4.69, 9.17) is 4.98 Å². The molecule has 0 aliphatic heterocycles. The Labute approximate surface area is 156 Å². The summed E-state index contributed by atoms with van der Waals surface area (Å²) in [6, 6.07) is 12.6. The second-order valence-corrected chi connectivity index (χ2v) is 8.23. The first-order valence-electron chi connectivity index (χ1n) is 8.68. The maximum atomic E-state index is 9.69. The molecule has 0 fully saturated rings. The van der Waals surface area contributed by atoms with Gasteiger partial charge >= 0.3 is 0 Å². The summed E-state index contributed by atoms with van der Waals surface area (Å²) in [6.45, 7) is 0. The van der Waals surface area contributed by atoms with Gasteiger partial charge in [0, 0.05) is 15.8 Å². The molecule has 2 heterocycles. The first-order chi connectivity index (χ1) is 12.3. The van der Waals surface area contributed by atoms with Gasteiger partial charge in [0.15, 0.2) is 5.13 Å². The van der Waals surface area contributed by atoms with E-state index in [-0.39, 0.29) is 0 Å². The van der Waals surface area contributed by atoms with Crippen molar-refractivity contribution in [2.45, 2.75) is 38.5 Å². The fourth-order valence-electron chi connectivity index (χ4n) is 3.30. The molecule has 0 bridgehead atoms. The number of fused-ring (bicyclic) bond motifs is 1. The predicted molar refractivity (Wildman–Crippen MR) is 106 cm³/mol. The largest absolute Gasteiger partial charge is 0.322 e. The Morgan fingerprint density at radius 2 is 1.84 bits per heavy atom. The van der Waals surface area contributed by atoms with Crippen LogP contribution in [0.2, 0.25) is 0 Å². The van der Waals surface area contributed by atoms with Crippen molar-refractivity contribution in [3.05, 3.63) is 51.7 Å². The summed E-state index contributed by atoms with van der Waals surface area (Å²) < 4.78 is 0. The number of benzene rings is 1. The van der Waals surface area contributed by atoms with Gasteiger partial charge in [-0.05, 0) is 31.2 Å². The number of hydrogen-bond donors (Lipinski definition) is 1. The molecule has 0 atom stereocenters. The summed E-state index contributed by atoms with van der Waals surface area (Å²) >= 11 is 3.33. The lowest BCUT2D eigenvalue weighted by Gasteiger charge is -2.08. The first-order valence-corrected chi connectivity index (χ1v) is 10.4. The van der Waals surface area contributed by atoms with E-state index in [1.165, 1.54) is 36.1 Å². The lowest BCUT2D eigenvalue weighted by Crippen LogP contribution is -1.97. The number of aryl methyl sites for hydroxylation is 1. The van der Waals surface area contributed by atoms with Crippen molar-refractivity contribution in [3.63, 3.8) is 0 Å². The Morgan fingerprint density at radius 1 is 1.04 bits per heavy atom. The topological polar surface area (TPSA) is 48.7 Å². The number of rotatable bonds is 3. The molecular weight excluding hydrogens is 346 g/mol. The summed E-state index contributed by atoms with van der Waals surface area (Å²) in [5, 5.41) is 17.0. The summed E-state index contributed by atoms with van der Waals surface area (Å²) in [6.07, 6.45) is 7.12. The maximum Gasteiger partial charge on any atom is 0.188 e. The highest BCUT2D eigenvalue weighted by Gasteiger charge is 2.20. The maximum absolute atomic E-state index is 9.69. The molecule has 25 heavy (non-hydrogen) atoms. The predicted octanol–water partition coefficient (Wildman–Crippen LogP) is 6.15. The molecule has 5 heteroatoms. The van der Waals surface area contributed by atoms with E-state index in [0.29, 0.717) is 0 Å². The van der Waals surface area contributed by atoms with Gasteiger partial charge < -0.3 is 5.32 Å². The molecule has 1 N–H and O–H groups in total. The average molecular weight is 366 g/mol. The number of hydrogen-bond acceptors (Lipinski definition) is 5. The highest BCUT2D eigenvalue weighted by atomic mass is 32.1. The Morgan fingerprint density at radius 3 is 2.64 bits per heavy atom. The molecule has 1 aliphatic carbocycles. The first kappa shape index (κ1) is 16.3. The molecule has 2 aromatic heterocycles. The fourth-order valence-corrected chi connectivity index (χ4v) is 5.32. The van der Waals surface area contributed by atoms with Crippen molar-refractivity contribution in [1.29, 1.82) is 5.26 Å². The SMILES string of the molecule is N#Cc1c(Nc2nc(-c3ccccc3)cs2)sc2c1CCCCCC2.